The van der Waals surface area contributed by atoms with Gasteiger partial charge in [0.1, 0.15) is 11.5 Å². The highest BCUT2D eigenvalue weighted by atomic mass is 16.3. The number of carbonyl (C=O) groups is 1. The second-order valence-corrected chi connectivity index (χ2v) is 4.09. The van der Waals surface area contributed by atoms with Gasteiger partial charge >= 0.3 is 0 Å². The van der Waals surface area contributed by atoms with E-state index in [1.54, 1.807) is 25.3 Å². The van der Waals surface area contributed by atoms with Gasteiger partial charge in [-0.25, -0.2) is 0 Å². The fraction of sp³-hybridized carbons (Fsp3) is 0.214. The first-order valence-electron chi connectivity index (χ1n) is 5.77. The number of amides is 1. The zero-order valence-electron chi connectivity index (χ0n) is 10.1. The Kier molecular flexibility index (Phi) is 3.67. The van der Waals surface area contributed by atoms with Crippen LogP contribution in [-0.4, -0.2) is 17.6 Å². The summed E-state index contributed by atoms with van der Waals surface area (Å²) in [6, 6.07) is 8.48. The lowest BCUT2D eigenvalue weighted by Gasteiger charge is -2.05. The zero-order valence-corrected chi connectivity index (χ0v) is 10.1. The Morgan fingerprint density at radius 2 is 2.22 bits per heavy atom. The third kappa shape index (κ3) is 2.91. The summed E-state index contributed by atoms with van der Waals surface area (Å²) in [6.45, 7) is 2.28. The van der Waals surface area contributed by atoms with Gasteiger partial charge in [0.2, 0.25) is 0 Å². The molecule has 0 radical (unpaired) electrons. The number of phenols is 1. The van der Waals surface area contributed by atoms with Crippen molar-refractivity contribution in [2.24, 2.45) is 0 Å². The molecule has 0 aliphatic heterocycles. The first-order valence-corrected chi connectivity index (χ1v) is 5.77. The summed E-state index contributed by atoms with van der Waals surface area (Å²) in [6.07, 6.45) is 2.27. The number of aromatic hydroxyl groups is 1. The summed E-state index contributed by atoms with van der Waals surface area (Å²) in [5.74, 6) is 0.893. The van der Waals surface area contributed by atoms with Crippen molar-refractivity contribution in [2.75, 3.05) is 6.54 Å². The fourth-order valence-corrected chi connectivity index (χ4v) is 1.65. The smallest absolute Gasteiger partial charge is 0.251 e. The molecule has 18 heavy (non-hydrogen) atoms. The van der Waals surface area contributed by atoms with Gasteiger partial charge < -0.3 is 14.8 Å². The molecule has 1 aromatic carbocycles. The molecule has 0 saturated carbocycles. The van der Waals surface area contributed by atoms with Gasteiger partial charge in [-0.05, 0) is 42.8 Å². The molecular weight excluding hydrogens is 230 g/mol. The number of nitrogens with one attached hydrogen (secondary N) is 1. The van der Waals surface area contributed by atoms with E-state index < -0.39 is 0 Å². The van der Waals surface area contributed by atoms with E-state index in [0.717, 1.165) is 5.76 Å². The highest BCUT2D eigenvalue weighted by Crippen LogP contribution is 2.16. The predicted octanol–water partition coefficient (Wildman–Crippen LogP) is 2.27. The van der Waals surface area contributed by atoms with Crippen molar-refractivity contribution in [3.63, 3.8) is 0 Å². The minimum Gasteiger partial charge on any atom is -0.508 e. The fourth-order valence-electron chi connectivity index (χ4n) is 1.65. The second kappa shape index (κ2) is 5.40. The Labute approximate surface area is 105 Å². The van der Waals surface area contributed by atoms with Crippen molar-refractivity contribution in [1.82, 2.24) is 5.32 Å². The molecule has 1 amide bonds. The highest BCUT2D eigenvalue weighted by Gasteiger charge is 2.07. The van der Waals surface area contributed by atoms with Crippen molar-refractivity contribution in [3.8, 4) is 5.75 Å². The van der Waals surface area contributed by atoms with Crippen LogP contribution in [0.2, 0.25) is 0 Å². The number of rotatable bonds is 4. The summed E-state index contributed by atoms with van der Waals surface area (Å²) in [5.41, 5.74) is 1.23. The summed E-state index contributed by atoms with van der Waals surface area (Å²) in [4.78, 5) is 11.8. The number of hydrogen-bond donors (Lipinski definition) is 2. The van der Waals surface area contributed by atoms with Crippen molar-refractivity contribution in [3.05, 3.63) is 53.5 Å². The van der Waals surface area contributed by atoms with E-state index >= 15 is 0 Å². The van der Waals surface area contributed by atoms with Crippen LogP contribution >= 0.6 is 0 Å². The summed E-state index contributed by atoms with van der Waals surface area (Å²) >= 11 is 0. The number of furan rings is 1. The van der Waals surface area contributed by atoms with E-state index in [4.69, 9.17) is 4.42 Å². The van der Waals surface area contributed by atoms with Crippen LogP contribution in [0.15, 0.2) is 41.0 Å². The van der Waals surface area contributed by atoms with Crippen LogP contribution in [0, 0.1) is 6.92 Å². The summed E-state index contributed by atoms with van der Waals surface area (Å²) in [5, 5.41) is 12.2. The number of benzene rings is 1. The normalized spacial score (nSPS) is 10.3. The molecule has 2 N–H and O–H groups in total. The van der Waals surface area contributed by atoms with Crippen LogP contribution in [-0.2, 0) is 6.42 Å². The predicted molar refractivity (Wildman–Crippen MR) is 67.6 cm³/mol. The lowest BCUT2D eigenvalue weighted by Crippen LogP contribution is -2.25. The molecule has 1 aromatic heterocycles. The van der Waals surface area contributed by atoms with Gasteiger partial charge in [-0.1, -0.05) is 0 Å². The van der Waals surface area contributed by atoms with Crippen molar-refractivity contribution in [1.29, 1.82) is 0 Å². The van der Waals surface area contributed by atoms with E-state index in [9.17, 15) is 9.90 Å². The molecule has 0 aliphatic rings. The number of hydrogen-bond acceptors (Lipinski definition) is 3. The van der Waals surface area contributed by atoms with Gasteiger partial charge in [0.15, 0.2) is 0 Å². The van der Waals surface area contributed by atoms with E-state index in [0.29, 0.717) is 24.1 Å². The van der Waals surface area contributed by atoms with Gasteiger partial charge in [0.05, 0.1) is 6.26 Å². The van der Waals surface area contributed by atoms with E-state index in [1.807, 2.05) is 12.1 Å². The van der Waals surface area contributed by atoms with Gasteiger partial charge in [-0.15, -0.1) is 0 Å². The van der Waals surface area contributed by atoms with E-state index in [1.165, 1.54) is 6.07 Å². The molecular formula is C14H15NO3. The molecule has 0 saturated heterocycles. The Morgan fingerprint density at radius 1 is 1.39 bits per heavy atom. The number of aryl methyl sites for hydroxylation is 1. The number of carbonyl (C=O) groups excluding carboxylic acids is 1. The maximum absolute atomic E-state index is 11.8. The highest BCUT2D eigenvalue weighted by molar-refractivity contribution is 5.94. The molecule has 0 fully saturated rings. The molecule has 0 spiro atoms. The van der Waals surface area contributed by atoms with Crippen LogP contribution in [0.4, 0.5) is 0 Å². The quantitative estimate of drug-likeness (QED) is 0.868. The first-order chi connectivity index (χ1) is 8.66. The van der Waals surface area contributed by atoms with Crippen LogP contribution < -0.4 is 5.32 Å². The van der Waals surface area contributed by atoms with Gasteiger partial charge in [0, 0.05) is 18.5 Å². The van der Waals surface area contributed by atoms with Crippen LogP contribution in [0.25, 0.3) is 0 Å². The van der Waals surface area contributed by atoms with Crippen LogP contribution in [0.3, 0.4) is 0 Å². The molecule has 0 bridgehead atoms. The summed E-state index contributed by atoms with van der Waals surface area (Å²) < 4.78 is 5.17. The average molecular weight is 245 g/mol. The van der Waals surface area contributed by atoms with Crippen molar-refractivity contribution < 1.29 is 14.3 Å². The zero-order chi connectivity index (χ0) is 13.0. The largest absolute Gasteiger partial charge is 0.508 e. The molecule has 4 heteroatoms. The Balaban J connectivity index is 1.89. The first kappa shape index (κ1) is 12.2. The lowest BCUT2D eigenvalue weighted by atomic mass is 10.1. The maximum atomic E-state index is 11.8. The maximum Gasteiger partial charge on any atom is 0.251 e. The van der Waals surface area contributed by atoms with Crippen molar-refractivity contribution in [2.45, 2.75) is 13.3 Å². The second-order valence-electron chi connectivity index (χ2n) is 4.09. The van der Waals surface area contributed by atoms with Crippen LogP contribution in [0.5, 0.6) is 5.75 Å². The molecule has 1 heterocycles. The third-order valence-corrected chi connectivity index (χ3v) is 2.70. The van der Waals surface area contributed by atoms with E-state index in [2.05, 4.69) is 5.32 Å². The van der Waals surface area contributed by atoms with Crippen molar-refractivity contribution >= 4 is 5.91 Å². The molecule has 0 atom stereocenters. The summed E-state index contributed by atoms with van der Waals surface area (Å²) in [7, 11) is 0. The average Bonchev–Trinajstić information content (AvgIpc) is 2.85. The molecule has 0 aliphatic carbocycles. The van der Waals surface area contributed by atoms with Gasteiger partial charge in [-0.3, -0.25) is 4.79 Å². The lowest BCUT2D eigenvalue weighted by molar-refractivity contribution is 0.0953. The SMILES string of the molecule is Cc1cc(C(=O)NCCc2ccco2)ccc1O. The Hall–Kier alpha value is -2.23. The topological polar surface area (TPSA) is 62.5 Å². The van der Waals surface area contributed by atoms with E-state index in [-0.39, 0.29) is 11.7 Å². The molecule has 94 valence electrons. The molecule has 2 rings (SSSR count). The monoisotopic (exact) mass is 245 g/mol. The van der Waals surface area contributed by atoms with Gasteiger partial charge in [-0.2, -0.15) is 0 Å². The third-order valence-electron chi connectivity index (χ3n) is 2.70. The Morgan fingerprint density at radius 3 is 2.89 bits per heavy atom. The minimum atomic E-state index is -0.148. The Bertz CT molecular complexity index is 532. The molecule has 4 nitrogen and oxygen atoms in total. The molecule has 2 aromatic rings. The van der Waals surface area contributed by atoms with Gasteiger partial charge in [0.25, 0.3) is 5.91 Å². The standard InChI is InChI=1S/C14H15NO3/c1-10-9-11(4-5-13(10)16)14(17)15-7-6-12-3-2-8-18-12/h2-5,8-9,16H,6-7H2,1H3,(H,15,17). The minimum absolute atomic E-state index is 0.148. The number of phenolic OH excluding ortho intramolecular Hbond substituents is 1. The van der Waals surface area contributed by atoms with Crippen LogP contribution in [0.1, 0.15) is 21.7 Å². The molecule has 0 unspecified atom stereocenters.